The standard InChI is InChI=1S/Ca.3H2O.Ti/h;3*1H2;. The molecule has 5 heavy (non-hydrogen) atoms. The quantitative estimate of drug-likeness (QED) is 0.325. The summed E-state index contributed by atoms with van der Waals surface area (Å²) >= 11 is 0. The molecule has 0 heterocycles. The summed E-state index contributed by atoms with van der Waals surface area (Å²) in [5, 5.41) is 0. The maximum atomic E-state index is 0. The van der Waals surface area contributed by atoms with Crippen LogP contribution in [0.4, 0.5) is 0 Å². The first-order chi connectivity index (χ1) is 0. The molecule has 3 nitrogen and oxygen atoms in total. The van der Waals surface area contributed by atoms with Crippen molar-refractivity contribution < 1.29 is 38.1 Å². The normalized spacial score (nSPS) is 0. The Hall–Kier alpha value is 1.85. The van der Waals surface area contributed by atoms with E-state index in [1.54, 1.807) is 0 Å². The van der Waals surface area contributed by atoms with Crippen LogP contribution in [0.3, 0.4) is 0 Å². The van der Waals surface area contributed by atoms with Gasteiger partial charge in [-0.25, -0.2) is 0 Å². The van der Waals surface area contributed by atoms with E-state index in [2.05, 4.69) is 0 Å². The van der Waals surface area contributed by atoms with Gasteiger partial charge in [-0.15, -0.1) is 0 Å². The van der Waals surface area contributed by atoms with Crippen molar-refractivity contribution in [3.05, 3.63) is 0 Å². The Balaban J connectivity index is 0. The van der Waals surface area contributed by atoms with Crippen LogP contribution in [-0.4, -0.2) is 54.2 Å². The van der Waals surface area contributed by atoms with E-state index in [0.717, 1.165) is 0 Å². The minimum atomic E-state index is 0. The molecule has 0 saturated heterocycles. The molecule has 0 rings (SSSR count). The van der Waals surface area contributed by atoms with Crippen LogP contribution < -0.4 is 0 Å². The van der Waals surface area contributed by atoms with Gasteiger partial charge in [0.25, 0.3) is 0 Å². The second kappa shape index (κ2) is 40.1. The van der Waals surface area contributed by atoms with E-state index < -0.39 is 0 Å². The van der Waals surface area contributed by atoms with E-state index in [0.29, 0.717) is 0 Å². The number of hydrogen-bond acceptors (Lipinski definition) is 0. The number of rotatable bonds is 0. The Labute approximate surface area is 74.9 Å². The van der Waals surface area contributed by atoms with Crippen LogP contribution in [0, 0.1) is 0 Å². The van der Waals surface area contributed by atoms with Gasteiger partial charge in [0.05, 0.1) is 0 Å². The average molecular weight is 142 g/mol. The molecular weight excluding hydrogens is 136 g/mol. The zero-order valence-corrected chi connectivity index (χ0v) is 6.48. The summed E-state index contributed by atoms with van der Waals surface area (Å²) in [6.45, 7) is 0. The van der Waals surface area contributed by atoms with Gasteiger partial charge >= 0.3 is 0 Å². The fraction of sp³-hybridized carbons (Fsp3) is 0. The van der Waals surface area contributed by atoms with Crippen molar-refractivity contribution >= 4 is 37.7 Å². The summed E-state index contributed by atoms with van der Waals surface area (Å²) < 4.78 is 0. The molecule has 0 aromatic carbocycles. The second-order valence-electron chi connectivity index (χ2n) is 0. The van der Waals surface area contributed by atoms with Gasteiger partial charge in [0, 0.05) is 59.5 Å². The van der Waals surface area contributed by atoms with Crippen molar-refractivity contribution in [2.45, 2.75) is 0 Å². The van der Waals surface area contributed by atoms with Gasteiger partial charge in [0.1, 0.15) is 0 Å². The average Bonchev–Trinajstić information content (AvgIpc) is 0. The maximum absolute atomic E-state index is 0. The predicted molar refractivity (Wildman–Crippen MR) is 16.6 cm³/mol. The molecule has 2 radical (unpaired) electrons. The zero-order chi connectivity index (χ0) is 0. The molecule has 0 aromatic rings. The summed E-state index contributed by atoms with van der Waals surface area (Å²) in [7, 11) is 0. The Kier molecular flexibility index (Phi) is 548. The summed E-state index contributed by atoms with van der Waals surface area (Å²) in [4.78, 5) is 0. The van der Waals surface area contributed by atoms with Crippen molar-refractivity contribution in [1.29, 1.82) is 0 Å². The molecular formula is H6CaO3Ti. The molecule has 6 N–H and O–H groups in total. The molecule has 30 valence electrons. The van der Waals surface area contributed by atoms with Crippen molar-refractivity contribution in [1.82, 2.24) is 0 Å². The molecule has 0 aromatic heterocycles. The van der Waals surface area contributed by atoms with Crippen LogP contribution in [0.25, 0.3) is 0 Å². The fourth-order valence-corrected chi connectivity index (χ4v) is 0. The molecule has 0 aliphatic heterocycles. The summed E-state index contributed by atoms with van der Waals surface area (Å²) in [6.07, 6.45) is 0. The first-order valence-corrected chi connectivity index (χ1v) is 0. The SMILES string of the molecule is O.O.O.[Ca].[Ti]. The van der Waals surface area contributed by atoms with Crippen molar-refractivity contribution in [2.24, 2.45) is 0 Å². The Morgan fingerprint density at radius 2 is 0.600 bits per heavy atom. The zero-order valence-electron chi connectivity index (χ0n) is 2.71. The molecule has 0 spiro atoms. The van der Waals surface area contributed by atoms with Gasteiger partial charge in [-0.3, -0.25) is 0 Å². The van der Waals surface area contributed by atoms with Gasteiger partial charge in [0.2, 0.25) is 0 Å². The minimum absolute atomic E-state index is 0. The summed E-state index contributed by atoms with van der Waals surface area (Å²) in [5.74, 6) is 0. The van der Waals surface area contributed by atoms with Crippen LogP contribution in [-0.2, 0) is 21.7 Å². The Morgan fingerprint density at radius 1 is 0.600 bits per heavy atom. The van der Waals surface area contributed by atoms with Crippen LogP contribution in [0.2, 0.25) is 0 Å². The molecule has 0 atom stereocenters. The fourth-order valence-electron chi connectivity index (χ4n) is 0. The summed E-state index contributed by atoms with van der Waals surface area (Å²) in [5.41, 5.74) is 0. The van der Waals surface area contributed by atoms with Crippen LogP contribution in [0.1, 0.15) is 0 Å². The Bertz CT molecular complexity index is 6.85. The van der Waals surface area contributed by atoms with Gasteiger partial charge in [-0.2, -0.15) is 0 Å². The minimum Gasteiger partial charge on any atom is -0.412 e. The molecule has 0 saturated carbocycles. The van der Waals surface area contributed by atoms with E-state index in [4.69, 9.17) is 0 Å². The first-order valence-electron chi connectivity index (χ1n) is 0. The molecule has 5 heteroatoms. The Morgan fingerprint density at radius 3 is 0.600 bits per heavy atom. The van der Waals surface area contributed by atoms with Gasteiger partial charge in [-0.05, 0) is 0 Å². The third kappa shape index (κ3) is 25.3. The topological polar surface area (TPSA) is 94.5 Å². The smallest absolute Gasteiger partial charge is 0 e. The monoisotopic (exact) mass is 142 g/mol. The van der Waals surface area contributed by atoms with E-state index in [1.807, 2.05) is 0 Å². The van der Waals surface area contributed by atoms with Crippen molar-refractivity contribution in [3.8, 4) is 0 Å². The largest absolute Gasteiger partial charge is 0.412 e. The number of hydrogen-bond donors (Lipinski definition) is 0. The van der Waals surface area contributed by atoms with Crippen LogP contribution in [0.15, 0.2) is 0 Å². The molecule has 0 fully saturated rings. The van der Waals surface area contributed by atoms with Crippen molar-refractivity contribution in [3.63, 3.8) is 0 Å². The molecule has 0 bridgehead atoms. The maximum Gasteiger partial charge on any atom is 0 e. The molecule has 0 amide bonds. The molecule has 0 aliphatic carbocycles. The van der Waals surface area contributed by atoms with Gasteiger partial charge < -0.3 is 16.4 Å². The van der Waals surface area contributed by atoms with E-state index in [-0.39, 0.29) is 75.9 Å². The third-order valence-electron chi connectivity index (χ3n) is 0. The van der Waals surface area contributed by atoms with E-state index in [9.17, 15) is 0 Å². The predicted octanol–water partition coefficient (Wildman–Crippen LogP) is -2.86. The van der Waals surface area contributed by atoms with E-state index in [1.165, 1.54) is 0 Å². The summed E-state index contributed by atoms with van der Waals surface area (Å²) in [6, 6.07) is 0. The molecule has 0 aliphatic rings. The van der Waals surface area contributed by atoms with Crippen molar-refractivity contribution in [2.75, 3.05) is 0 Å². The van der Waals surface area contributed by atoms with Crippen LogP contribution >= 0.6 is 0 Å². The van der Waals surface area contributed by atoms with E-state index >= 15 is 0 Å². The van der Waals surface area contributed by atoms with Gasteiger partial charge in [-0.1, -0.05) is 0 Å². The van der Waals surface area contributed by atoms with Gasteiger partial charge in [0.15, 0.2) is 0 Å². The molecule has 0 unspecified atom stereocenters. The van der Waals surface area contributed by atoms with Crippen LogP contribution in [0.5, 0.6) is 0 Å². The third-order valence-corrected chi connectivity index (χ3v) is 0. The second-order valence-corrected chi connectivity index (χ2v) is 0. The first kappa shape index (κ1) is 68.3.